The Bertz CT molecular complexity index is 361. The van der Waals surface area contributed by atoms with E-state index in [0.29, 0.717) is 11.4 Å². The minimum Gasteiger partial charge on any atom is -0.281 e. The largest absolute Gasteiger partial charge is 0.281 e. The van der Waals surface area contributed by atoms with Gasteiger partial charge in [-0.05, 0) is 13.8 Å². The van der Waals surface area contributed by atoms with Gasteiger partial charge in [0.1, 0.15) is 4.90 Å². The highest BCUT2D eigenvalue weighted by molar-refractivity contribution is 7.89. The highest BCUT2D eigenvalue weighted by atomic mass is 32.2. The molecule has 0 saturated heterocycles. The third-order valence-electron chi connectivity index (χ3n) is 1.48. The second-order valence-corrected chi connectivity index (χ2v) is 4.04. The summed E-state index contributed by atoms with van der Waals surface area (Å²) < 4.78 is 22.4. The number of H-pyrrole nitrogens is 1. The van der Waals surface area contributed by atoms with E-state index in [2.05, 4.69) is 10.2 Å². The summed E-state index contributed by atoms with van der Waals surface area (Å²) in [5.74, 6) is 4.86. The summed E-state index contributed by atoms with van der Waals surface area (Å²) in [5.41, 5.74) is 0.885. The second-order valence-electron chi connectivity index (χ2n) is 2.38. The van der Waals surface area contributed by atoms with Crippen LogP contribution in [-0.2, 0) is 10.0 Å². The summed E-state index contributed by atoms with van der Waals surface area (Å²) in [6, 6.07) is 0. The van der Waals surface area contributed by atoms with Gasteiger partial charge >= 0.3 is 0 Å². The fourth-order valence-corrected chi connectivity index (χ4v) is 2.00. The molecule has 12 heavy (non-hydrogen) atoms. The lowest BCUT2D eigenvalue weighted by atomic mass is 10.4. The molecule has 6 nitrogen and oxygen atoms in total. The molecule has 0 spiro atoms. The summed E-state index contributed by atoms with van der Waals surface area (Å²) in [4.78, 5) is 1.85. The van der Waals surface area contributed by atoms with Crippen molar-refractivity contribution in [3.63, 3.8) is 0 Å². The quantitative estimate of drug-likeness (QED) is 0.419. The van der Waals surface area contributed by atoms with Gasteiger partial charge in [-0.15, -0.1) is 4.83 Å². The summed E-state index contributed by atoms with van der Waals surface area (Å²) in [5, 5.41) is 6.28. The van der Waals surface area contributed by atoms with Crippen molar-refractivity contribution in [2.24, 2.45) is 5.84 Å². The zero-order valence-electron chi connectivity index (χ0n) is 6.75. The van der Waals surface area contributed by atoms with E-state index in [1.807, 2.05) is 0 Å². The Hall–Kier alpha value is -0.920. The second kappa shape index (κ2) is 2.85. The molecule has 0 bridgehead atoms. The molecule has 1 heterocycles. The molecular weight excluding hydrogens is 180 g/mol. The molecule has 0 saturated carbocycles. The Morgan fingerprint density at radius 1 is 1.50 bits per heavy atom. The van der Waals surface area contributed by atoms with Crippen molar-refractivity contribution in [2.75, 3.05) is 0 Å². The predicted molar refractivity (Wildman–Crippen MR) is 42.6 cm³/mol. The first kappa shape index (κ1) is 9.17. The van der Waals surface area contributed by atoms with E-state index >= 15 is 0 Å². The van der Waals surface area contributed by atoms with Crippen LogP contribution >= 0.6 is 0 Å². The van der Waals surface area contributed by atoms with Crippen molar-refractivity contribution in [2.45, 2.75) is 18.7 Å². The number of aryl methyl sites for hydroxylation is 2. The first-order chi connectivity index (χ1) is 5.49. The van der Waals surface area contributed by atoms with Gasteiger partial charge in [0.05, 0.1) is 11.4 Å². The van der Waals surface area contributed by atoms with Crippen LogP contribution in [0, 0.1) is 13.8 Å². The molecule has 1 rings (SSSR count). The summed E-state index contributed by atoms with van der Waals surface area (Å²) in [6.07, 6.45) is 0. The molecule has 1 aromatic rings. The number of aromatic amines is 1. The van der Waals surface area contributed by atoms with Crippen molar-refractivity contribution in [3.05, 3.63) is 11.4 Å². The molecule has 0 radical (unpaired) electrons. The van der Waals surface area contributed by atoms with Crippen molar-refractivity contribution in [1.29, 1.82) is 0 Å². The fraction of sp³-hybridized carbons (Fsp3) is 0.400. The number of nitrogens with zero attached hydrogens (tertiary/aromatic N) is 1. The zero-order chi connectivity index (χ0) is 9.35. The third kappa shape index (κ3) is 1.33. The maximum absolute atomic E-state index is 11.2. The molecule has 0 aliphatic carbocycles. The highest BCUT2D eigenvalue weighted by Gasteiger charge is 2.20. The zero-order valence-corrected chi connectivity index (χ0v) is 7.57. The fourth-order valence-electron chi connectivity index (χ4n) is 0.996. The average molecular weight is 190 g/mol. The summed E-state index contributed by atoms with van der Waals surface area (Å²) >= 11 is 0. The topological polar surface area (TPSA) is 101 Å². The van der Waals surface area contributed by atoms with Crippen LogP contribution in [0.15, 0.2) is 4.90 Å². The number of nitrogens with one attached hydrogen (secondary N) is 2. The van der Waals surface area contributed by atoms with Crippen LogP contribution in [0.1, 0.15) is 11.4 Å². The molecule has 1 aromatic heterocycles. The molecule has 0 fully saturated rings. The Morgan fingerprint density at radius 2 is 2.08 bits per heavy atom. The minimum absolute atomic E-state index is 0.116. The Kier molecular flexibility index (Phi) is 2.18. The van der Waals surface area contributed by atoms with Crippen LogP contribution in [0.3, 0.4) is 0 Å². The van der Waals surface area contributed by atoms with Crippen molar-refractivity contribution in [1.82, 2.24) is 15.0 Å². The van der Waals surface area contributed by atoms with Crippen molar-refractivity contribution >= 4 is 10.0 Å². The van der Waals surface area contributed by atoms with Crippen LogP contribution in [-0.4, -0.2) is 18.6 Å². The van der Waals surface area contributed by atoms with Crippen LogP contribution in [0.2, 0.25) is 0 Å². The number of nitrogens with two attached hydrogens (primary N) is 1. The molecule has 0 aliphatic rings. The number of sulfonamides is 1. The molecule has 0 aliphatic heterocycles. The maximum Gasteiger partial charge on any atom is 0.256 e. The van der Waals surface area contributed by atoms with E-state index in [4.69, 9.17) is 5.84 Å². The number of rotatable bonds is 2. The van der Waals surface area contributed by atoms with Gasteiger partial charge in [-0.1, -0.05) is 0 Å². The van der Waals surface area contributed by atoms with Crippen LogP contribution in [0.4, 0.5) is 0 Å². The number of hydrazine groups is 1. The van der Waals surface area contributed by atoms with Gasteiger partial charge in [-0.25, -0.2) is 8.42 Å². The first-order valence-corrected chi connectivity index (χ1v) is 4.71. The maximum atomic E-state index is 11.2. The Labute approximate surface area is 70.2 Å². The summed E-state index contributed by atoms with van der Waals surface area (Å²) in [7, 11) is -3.58. The normalized spacial score (nSPS) is 11.9. The highest BCUT2D eigenvalue weighted by Crippen LogP contribution is 2.14. The molecule has 0 aromatic carbocycles. The number of hydrogen-bond donors (Lipinski definition) is 3. The average Bonchev–Trinajstić information content (AvgIpc) is 2.31. The van der Waals surface area contributed by atoms with Gasteiger partial charge in [0.25, 0.3) is 10.0 Å². The lowest BCUT2D eigenvalue weighted by Gasteiger charge is -2.00. The molecule has 7 heteroatoms. The number of aromatic nitrogens is 2. The molecule has 0 atom stereocenters. The van der Waals surface area contributed by atoms with Gasteiger partial charge in [0.2, 0.25) is 0 Å². The lowest BCUT2D eigenvalue weighted by Crippen LogP contribution is -2.30. The SMILES string of the molecule is Cc1n[nH]c(C)c1S(=O)(=O)NN. The molecule has 0 unspecified atom stereocenters. The molecule has 0 amide bonds. The monoisotopic (exact) mass is 190 g/mol. The van der Waals surface area contributed by atoms with Gasteiger partial charge in [-0.3, -0.25) is 10.9 Å². The van der Waals surface area contributed by atoms with E-state index in [0.717, 1.165) is 0 Å². The van der Waals surface area contributed by atoms with E-state index in [1.165, 1.54) is 0 Å². The van der Waals surface area contributed by atoms with Gasteiger partial charge < -0.3 is 0 Å². The predicted octanol–water partition coefficient (Wildman–Crippen LogP) is -0.821. The Balaban J connectivity index is 3.37. The number of hydrogen-bond acceptors (Lipinski definition) is 4. The van der Waals surface area contributed by atoms with Crippen LogP contribution < -0.4 is 10.7 Å². The van der Waals surface area contributed by atoms with E-state index in [-0.39, 0.29) is 4.90 Å². The molecule has 68 valence electrons. The van der Waals surface area contributed by atoms with Crippen molar-refractivity contribution in [3.8, 4) is 0 Å². The van der Waals surface area contributed by atoms with E-state index in [1.54, 1.807) is 18.7 Å². The van der Waals surface area contributed by atoms with Crippen molar-refractivity contribution < 1.29 is 8.42 Å². The first-order valence-electron chi connectivity index (χ1n) is 3.23. The smallest absolute Gasteiger partial charge is 0.256 e. The standard InChI is InChI=1S/C5H10N4O2S/c1-3-5(4(2)8-7-3)12(10,11)9-6/h9H,6H2,1-2H3,(H,7,8). The van der Waals surface area contributed by atoms with Crippen LogP contribution in [0.25, 0.3) is 0 Å². The van der Waals surface area contributed by atoms with Gasteiger partial charge in [0, 0.05) is 0 Å². The van der Waals surface area contributed by atoms with E-state index in [9.17, 15) is 8.42 Å². The molecule has 4 N–H and O–H groups in total. The minimum atomic E-state index is -3.58. The lowest BCUT2D eigenvalue weighted by molar-refractivity contribution is 0.583. The molecular formula is C5H10N4O2S. The summed E-state index contributed by atoms with van der Waals surface area (Å²) in [6.45, 7) is 3.21. The third-order valence-corrected chi connectivity index (χ3v) is 2.93. The van der Waals surface area contributed by atoms with Gasteiger partial charge in [0.15, 0.2) is 0 Å². The van der Waals surface area contributed by atoms with Gasteiger partial charge in [-0.2, -0.15) is 5.10 Å². The Morgan fingerprint density at radius 3 is 2.42 bits per heavy atom. The van der Waals surface area contributed by atoms with Crippen LogP contribution in [0.5, 0.6) is 0 Å². The van der Waals surface area contributed by atoms with E-state index < -0.39 is 10.0 Å².